The Kier molecular flexibility index (Phi) is 7.63. The van der Waals surface area contributed by atoms with Gasteiger partial charge in [0.05, 0.1) is 29.4 Å². The van der Waals surface area contributed by atoms with E-state index >= 15 is 0 Å². The van der Waals surface area contributed by atoms with Crippen LogP contribution in [0, 0.1) is 0 Å². The Morgan fingerprint density at radius 3 is 2.07 bits per heavy atom. The highest BCUT2D eigenvalue weighted by molar-refractivity contribution is 5.82. The summed E-state index contributed by atoms with van der Waals surface area (Å²) < 4.78 is 6.25. The highest BCUT2D eigenvalue weighted by Gasteiger charge is 2.09. The molecule has 148 valence electrons. The van der Waals surface area contributed by atoms with Crippen LogP contribution in [0.5, 0.6) is 0 Å². The minimum absolute atomic E-state index is 0. The van der Waals surface area contributed by atoms with Crippen LogP contribution in [0.2, 0.25) is 0 Å². The summed E-state index contributed by atoms with van der Waals surface area (Å²) in [7, 11) is 1.94. The highest BCUT2D eigenvalue weighted by Crippen LogP contribution is 2.12. The number of para-hydroxylation sites is 2. The molecular formula is C20H26ClN7. The summed E-state index contributed by atoms with van der Waals surface area (Å²) >= 11 is 0. The summed E-state index contributed by atoms with van der Waals surface area (Å²) in [5.74, 6) is 1.36. The summed E-state index contributed by atoms with van der Waals surface area (Å²) in [5, 5.41) is 17.5. The first-order valence-corrected chi connectivity index (χ1v) is 9.34. The van der Waals surface area contributed by atoms with Gasteiger partial charge in [-0.2, -0.15) is 0 Å². The van der Waals surface area contributed by atoms with Crippen LogP contribution in [-0.2, 0) is 20.1 Å². The number of pyridine rings is 1. The van der Waals surface area contributed by atoms with Crippen molar-refractivity contribution in [1.82, 2.24) is 9.13 Å². The molecule has 28 heavy (non-hydrogen) atoms. The van der Waals surface area contributed by atoms with Crippen LogP contribution in [0.3, 0.4) is 0 Å². The summed E-state index contributed by atoms with van der Waals surface area (Å²) in [6.45, 7) is 7.88. The van der Waals surface area contributed by atoms with Gasteiger partial charge < -0.3 is 21.5 Å². The number of benzene rings is 1. The monoisotopic (exact) mass is 399 g/mol. The number of fused-ring (bicyclic) bond motifs is 1. The van der Waals surface area contributed by atoms with E-state index in [2.05, 4.69) is 55.5 Å². The maximum absolute atomic E-state index is 4.54. The number of halogens is 1. The molecule has 0 unspecified atom stereocenters. The lowest BCUT2D eigenvalue weighted by molar-refractivity contribution is -0.658. The topological polar surface area (TPSA) is 63.2 Å². The number of imidazole rings is 1. The molecule has 7 nitrogen and oxygen atoms in total. The fourth-order valence-corrected chi connectivity index (χ4v) is 3.00. The second-order valence-corrected chi connectivity index (χ2v) is 6.12. The molecule has 0 aliphatic carbocycles. The summed E-state index contributed by atoms with van der Waals surface area (Å²) in [4.78, 5) is 0. The number of hydrogen-bond acceptors (Lipinski definition) is 3. The van der Waals surface area contributed by atoms with Gasteiger partial charge in [-0.1, -0.05) is 25.1 Å². The van der Waals surface area contributed by atoms with E-state index in [4.69, 9.17) is 0 Å². The number of aromatic nitrogens is 3. The van der Waals surface area contributed by atoms with E-state index < -0.39 is 0 Å². The standard InChI is InChI=1S/C20H26N7.ClH/c1-5-18(21-23-19-14-10-11-15-25(19)4)22-24-20-26(6-2)16-12-8-9-13-17(16)27(20)7-3;/h8-15H,5-7H2,1-4H3;1H/q+1;/p-1. The van der Waals surface area contributed by atoms with Crippen molar-refractivity contribution in [3.63, 3.8) is 0 Å². The lowest BCUT2D eigenvalue weighted by Gasteiger charge is -1.99. The molecule has 8 heteroatoms. The predicted molar refractivity (Wildman–Crippen MR) is 107 cm³/mol. The van der Waals surface area contributed by atoms with E-state index in [1.165, 1.54) is 0 Å². The number of hydrogen-bond donors (Lipinski definition) is 0. The zero-order valence-corrected chi connectivity index (χ0v) is 17.5. The average Bonchev–Trinajstić information content (AvgIpc) is 3.01. The smallest absolute Gasteiger partial charge is 0.350 e. The van der Waals surface area contributed by atoms with Crippen LogP contribution in [0.15, 0.2) is 69.1 Å². The van der Waals surface area contributed by atoms with Crippen molar-refractivity contribution in [3.8, 4) is 0 Å². The maximum atomic E-state index is 4.54. The zero-order valence-electron chi connectivity index (χ0n) is 16.7. The largest absolute Gasteiger partial charge is 1.00 e. The second-order valence-electron chi connectivity index (χ2n) is 6.12. The van der Waals surface area contributed by atoms with Crippen molar-refractivity contribution < 1.29 is 17.0 Å². The molecule has 0 amide bonds. The molecule has 0 bridgehead atoms. The predicted octanol–water partition coefficient (Wildman–Crippen LogP) is 0.719. The minimum Gasteiger partial charge on any atom is -1.00 e. The molecule has 0 saturated carbocycles. The van der Waals surface area contributed by atoms with Gasteiger partial charge in [0.25, 0.3) is 0 Å². The van der Waals surface area contributed by atoms with Crippen molar-refractivity contribution in [2.75, 3.05) is 0 Å². The van der Waals surface area contributed by atoms with Gasteiger partial charge in [-0.25, -0.2) is 4.57 Å². The van der Waals surface area contributed by atoms with Gasteiger partial charge in [-0.15, -0.1) is 10.2 Å². The molecular weight excluding hydrogens is 374 g/mol. The number of amidine groups is 1. The highest BCUT2D eigenvalue weighted by atomic mass is 35.5. The SMILES string of the molecule is CCC(N=Nc1cccc[n+]1C)=NN=c1n(CC)c2ccccc2n1CC.[Cl-]. The third-order valence-electron chi connectivity index (χ3n) is 4.45. The summed E-state index contributed by atoms with van der Waals surface area (Å²) in [6, 6.07) is 14.1. The molecule has 0 aliphatic rings. The van der Waals surface area contributed by atoms with Crippen molar-refractivity contribution in [2.24, 2.45) is 27.5 Å². The molecule has 2 aromatic heterocycles. The lowest BCUT2D eigenvalue weighted by Crippen LogP contribution is -3.00. The van der Waals surface area contributed by atoms with E-state index in [0.29, 0.717) is 12.3 Å². The van der Waals surface area contributed by atoms with Crippen LogP contribution in [-0.4, -0.2) is 15.0 Å². The van der Waals surface area contributed by atoms with Crippen LogP contribution < -0.4 is 22.6 Å². The van der Waals surface area contributed by atoms with Gasteiger partial charge >= 0.3 is 5.82 Å². The Hall–Kier alpha value is -2.80. The fraction of sp³-hybridized carbons (Fsp3) is 0.350. The van der Waals surface area contributed by atoms with E-state index in [1.54, 1.807) is 0 Å². The molecule has 0 N–H and O–H groups in total. The molecule has 3 rings (SSSR count). The molecule has 1 aromatic carbocycles. The zero-order chi connectivity index (χ0) is 19.2. The number of nitrogens with zero attached hydrogens (tertiary/aromatic N) is 7. The fourth-order valence-electron chi connectivity index (χ4n) is 3.00. The van der Waals surface area contributed by atoms with Gasteiger partial charge in [0.1, 0.15) is 0 Å². The number of rotatable bonds is 5. The first-order valence-electron chi connectivity index (χ1n) is 9.34. The van der Waals surface area contributed by atoms with E-state index in [0.717, 1.165) is 35.6 Å². The van der Waals surface area contributed by atoms with Gasteiger partial charge in [-0.05, 0) is 37.2 Å². The Balaban J connectivity index is 0.00000280. The maximum Gasteiger partial charge on any atom is 0.350 e. The van der Waals surface area contributed by atoms with E-state index in [1.807, 2.05) is 55.1 Å². The van der Waals surface area contributed by atoms with Crippen molar-refractivity contribution in [1.29, 1.82) is 0 Å². The Bertz CT molecular complexity index is 1020. The summed E-state index contributed by atoms with van der Waals surface area (Å²) in [5.41, 5.74) is 3.14. The minimum atomic E-state index is 0. The van der Waals surface area contributed by atoms with Gasteiger partial charge in [0.15, 0.2) is 5.84 Å². The molecule has 0 spiro atoms. The Morgan fingerprint density at radius 1 is 0.929 bits per heavy atom. The molecule has 0 atom stereocenters. The Morgan fingerprint density at radius 2 is 1.54 bits per heavy atom. The van der Waals surface area contributed by atoms with Gasteiger partial charge in [0, 0.05) is 25.6 Å². The Labute approximate surface area is 171 Å². The van der Waals surface area contributed by atoms with Gasteiger partial charge in [0.2, 0.25) is 5.62 Å². The first-order chi connectivity index (χ1) is 13.2. The molecule has 0 fully saturated rings. The average molecular weight is 400 g/mol. The number of azo groups is 1. The molecule has 2 heterocycles. The van der Waals surface area contributed by atoms with Crippen LogP contribution in [0.1, 0.15) is 27.2 Å². The van der Waals surface area contributed by atoms with Crippen LogP contribution >= 0.6 is 0 Å². The second kappa shape index (κ2) is 9.94. The molecule has 3 aromatic rings. The molecule has 0 aliphatic heterocycles. The number of aryl methyl sites for hydroxylation is 3. The quantitative estimate of drug-likeness (QED) is 0.199. The van der Waals surface area contributed by atoms with Crippen LogP contribution in [0.4, 0.5) is 5.82 Å². The van der Waals surface area contributed by atoms with Crippen molar-refractivity contribution in [2.45, 2.75) is 40.3 Å². The molecule has 0 saturated heterocycles. The van der Waals surface area contributed by atoms with Crippen LogP contribution in [0.25, 0.3) is 11.0 Å². The normalized spacial score (nSPS) is 11.8. The first kappa shape index (κ1) is 21.5. The molecule has 0 radical (unpaired) electrons. The van der Waals surface area contributed by atoms with E-state index in [-0.39, 0.29) is 12.4 Å². The third kappa shape index (κ3) is 4.36. The van der Waals surface area contributed by atoms with Gasteiger partial charge in [-0.3, -0.25) is 0 Å². The third-order valence-corrected chi connectivity index (χ3v) is 4.45. The lowest BCUT2D eigenvalue weighted by atomic mass is 10.3. The van der Waals surface area contributed by atoms with E-state index in [9.17, 15) is 0 Å². The van der Waals surface area contributed by atoms with Crippen molar-refractivity contribution in [3.05, 3.63) is 54.3 Å². The summed E-state index contributed by atoms with van der Waals surface area (Å²) in [6.07, 6.45) is 2.59. The van der Waals surface area contributed by atoms with Crippen molar-refractivity contribution >= 4 is 22.7 Å².